The van der Waals surface area contributed by atoms with E-state index in [-0.39, 0.29) is 10.9 Å². The lowest BCUT2D eigenvalue weighted by Crippen LogP contribution is -2.52. The quantitative estimate of drug-likeness (QED) is 0.390. The molecule has 35 heavy (non-hydrogen) atoms. The number of hydrogen-bond donors (Lipinski definition) is 2. The number of aliphatic hydroxyl groups is 2. The number of amides is 1. The molecule has 7 heteroatoms. The number of ether oxygens (including phenoxy) is 2. The maximum Gasteiger partial charge on any atom is 0.306 e. The molecule has 0 radical (unpaired) electrons. The predicted octanol–water partition coefficient (Wildman–Crippen LogP) is 4.49. The average Bonchev–Trinajstić information content (AvgIpc) is 3.24. The van der Waals surface area contributed by atoms with E-state index in [1.165, 1.54) is 0 Å². The number of halogens is 1. The summed E-state index contributed by atoms with van der Waals surface area (Å²) >= 11 is 6.21. The van der Waals surface area contributed by atoms with E-state index in [9.17, 15) is 15.0 Å². The van der Waals surface area contributed by atoms with Gasteiger partial charge in [-0.1, -0.05) is 41.9 Å². The molecule has 1 heterocycles. The first-order valence-corrected chi connectivity index (χ1v) is 12.1. The van der Waals surface area contributed by atoms with Gasteiger partial charge in [-0.05, 0) is 49.2 Å². The van der Waals surface area contributed by atoms with Gasteiger partial charge in [0.05, 0.1) is 26.8 Å². The highest BCUT2D eigenvalue weighted by molar-refractivity contribution is 6.30. The molecule has 1 saturated carbocycles. The maximum absolute atomic E-state index is 12.4. The predicted molar refractivity (Wildman–Crippen MR) is 135 cm³/mol. The average molecular weight is 495 g/mol. The van der Waals surface area contributed by atoms with Crippen molar-refractivity contribution in [3.63, 3.8) is 0 Å². The van der Waals surface area contributed by atoms with Crippen LogP contribution in [0.3, 0.4) is 0 Å². The third kappa shape index (κ3) is 3.32. The monoisotopic (exact) mass is 494 g/mol. The molecule has 6 nitrogen and oxygen atoms in total. The summed E-state index contributed by atoms with van der Waals surface area (Å²) in [5, 5.41) is 24.4. The van der Waals surface area contributed by atoms with E-state index >= 15 is 0 Å². The molecule has 3 aromatic rings. The van der Waals surface area contributed by atoms with Gasteiger partial charge in [-0.15, -0.1) is 0 Å². The molecule has 0 unspecified atom stereocenters. The summed E-state index contributed by atoms with van der Waals surface area (Å²) in [6.07, 6.45) is -0.0201. The van der Waals surface area contributed by atoms with Crippen molar-refractivity contribution in [2.75, 3.05) is 20.7 Å². The number of quaternary nitrogens is 1. The van der Waals surface area contributed by atoms with Crippen LogP contribution >= 0.6 is 11.6 Å². The van der Waals surface area contributed by atoms with Crippen molar-refractivity contribution in [2.24, 2.45) is 0 Å². The molecule has 0 bridgehead atoms. The standard InChI is InChI=1S/C28H29ClNO5/c1-4-34-20-13-14-22-25(15-20)35-28(18-9-11-19(29)12-10-18)23(16-26(32)27(22,28)33)21-7-5-6-8-24(21)30(2,3)17-31/h5-15,17,23,26,32-33H,4,16H2,1-3H3/q+1/t23-,26+,27-,28-/m0/s1. The third-order valence-electron chi connectivity index (χ3n) is 7.41. The summed E-state index contributed by atoms with van der Waals surface area (Å²) in [6, 6.07) is 20.1. The van der Waals surface area contributed by atoms with Crippen molar-refractivity contribution < 1.29 is 24.5 Å². The molecule has 2 aliphatic rings. The van der Waals surface area contributed by atoms with E-state index in [2.05, 4.69) is 0 Å². The summed E-state index contributed by atoms with van der Waals surface area (Å²) in [5.74, 6) is 0.602. The van der Waals surface area contributed by atoms with Crippen molar-refractivity contribution in [1.29, 1.82) is 0 Å². The minimum Gasteiger partial charge on any atom is -0.494 e. The highest BCUT2D eigenvalue weighted by Gasteiger charge is 2.73. The van der Waals surface area contributed by atoms with Gasteiger partial charge in [0.2, 0.25) is 0 Å². The summed E-state index contributed by atoms with van der Waals surface area (Å²) in [6.45, 7) is 2.39. The first-order chi connectivity index (χ1) is 16.7. The Bertz CT molecular complexity index is 1280. The van der Waals surface area contributed by atoms with Gasteiger partial charge >= 0.3 is 6.41 Å². The lowest BCUT2D eigenvalue weighted by atomic mass is 9.71. The molecule has 5 rings (SSSR count). The maximum atomic E-state index is 12.4. The second kappa shape index (κ2) is 8.35. The van der Waals surface area contributed by atoms with Crippen LogP contribution in [0, 0.1) is 0 Å². The number of benzene rings is 3. The summed E-state index contributed by atoms with van der Waals surface area (Å²) in [4.78, 5) is 12.0. The Morgan fingerprint density at radius 1 is 1.14 bits per heavy atom. The Morgan fingerprint density at radius 2 is 1.86 bits per heavy atom. The number of carbonyl (C=O) groups is 1. The van der Waals surface area contributed by atoms with E-state index < -0.39 is 23.2 Å². The first-order valence-electron chi connectivity index (χ1n) is 11.7. The highest BCUT2D eigenvalue weighted by Crippen LogP contribution is 2.67. The molecule has 1 aliphatic carbocycles. The number of aliphatic hydroxyl groups excluding tert-OH is 1. The Labute approximate surface area is 209 Å². The molecule has 1 fully saturated rings. The number of para-hydroxylation sites is 1. The molecule has 182 valence electrons. The van der Waals surface area contributed by atoms with Gasteiger partial charge in [0.15, 0.2) is 11.2 Å². The van der Waals surface area contributed by atoms with Gasteiger partial charge in [-0.2, -0.15) is 0 Å². The van der Waals surface area contributed by atoms with E-state index in [4.69, 9.17) is 21.1 Å². The Morgan fingerprint density at radius 3 is 2.54 bits per heavy atom. The van der Waals surface area contributed by atoms with E-state index in [1.807, 2.05) is 43.3 Å². The van der Waals surface area contributed by atoms with Gasteiger partial charge in [-0.3, -0.25) is 0 Å². The number of rotatable bonds is 6. The van der Waals surface area contributed by atoms with Crippen LogP contribution in [0.1, 0.15) is 36.0 Å². The zero-order chi connectivity index (χ0) is 25.0. The fourth-order valence-electron chi connectivity index (χ4n) is 5.82. The molecule has 3 aromatic carbocycles. The Balaban J connectivity index is 1.79. The molecule has 0 spiro atoms. The lowest BCUT2D eigenvalue weighted by molar-refractivity contribution is -0.149. The van der Waals surface area contributed by atoms with Crippen molar-refractivity contribution in [2.45, 2.75) is 36.6 Å². The molecular formula is C28H29ClNO5+. The van der Waals surface area contributed by atoms with Crippen LogP contribution in [0.4, 0.5) is 5.69 Å². The van der Waals surface area contributed by atoms with Crippen LogP contribution in [-0.4, -0.2) is 43.4 Å². The minimum atomic E-state index is -1.74. The normalized spacial score (nSPS) is 27.1. The van der Waals surface area contributed by atoms with Crippen LogP contribution in [-0.2, 0) is 16.0 Å². The third-order valence-corrected chi connectivity index (χ3v) is 7.67. The van der Waals surface area contributed by atoms with Crippen LogP contribution in [0.2, 0.25) is 5.02 Å². The van der Waals surface area contributed by atoms with E-state index in [0.29, 0.717) is 34.3 Å². The van der Waals surface area contributed by atoms with Crippen LogP contribution in [0.15, 0.2) is 66.7 Å². The van der Waals surface area contributed by atoms with Gasteiger partial charge in [-0.25, -0.2) is 9.28 Å². The summed E-state index contributed by atoms with van der Waals surface area (Å²) in [5.41, 5.74) is -0.307. The summed E-state index contributed by atoms with van der Waals surface area (Å²) < 4.78 is 12.4. The second-order valence-electron chi connectivity index (χ2n) is 9.71. The Hall–Kier alpha value is -2.90. The number of fused-ring (bicyclic) bond motifs is 3. The summed E-state index contributed by atoms with van der Waals surface area (Å²) in [7, 11) is 3.61. The zero-order valence-electron chi connectivity index (χ0n) is 19.9. The number of hydrogen-bond acceptors (Lipinski definition) is 5. The van der Waals surface area contributed by atoms with Crippen molar-refractivity contribution in [3.05, 3.63) is 88.4 Å². The van der Waals surface area contributed by atoms with Gasteiger partial charge in [0, 0.05) is 28.1 Å². The topological polar surface area (TPSA) is 76.0 Å². The molecule has 0 saturated heterocycles. The Kier molecular flexibility index (Phi) is 5.68. The lowest BCUT2D eigenvalue weighted by Gasteiger charge is -2.41. The molecule has 1 aliphatic heterocycles. The largest absolute Gasteiger partial charge is 0.494 e. The highest BCUT2D eigenvalue weighted by atomic mass is 35.5. The zero-order valence-corrected chi connectivity index (χ0v) is 20.7. The fourth-order valence-corrected chi connectivity index (χ4v) is 5.95. The molecular weight excluding hydrogens is 466 g/mol. The minimum absolute atomic E-state index is 0.0146. The van der Waals surface area contributed by atoms with Gasteiger partial charge in [0.1, 0.15) is 17.2 Å². The van der Waals surface area contributed by atoms with E-state index in [0.717, 1.165) is 17.7 Å². The van der Waals surface area contributed by atoms with Gasteiger partial charge in [0.25, 0.3) is 0 Å². The van der Waals surface area contributed by atoms with Crippen molar-refractivity contribution in [3.8, 4) is 11.5 Å². The second-order valence-corrected chi connectivity index (χ2v) is 10.1. The number of carbonyl (C=O) groups excluding carboxylic acids is 1. The SMILES string of the molecule is CCOc1ccc2c(c1)O[C@@]1(c3ccc(Cl)cc3)[C@H](c3ccccc3[N+](C)(C)C=O)C[C@@H](O)[C@@]21O. The van der Waals surface area contributed by atoms with Crippen LogP contribution in [0.5, 0.6) is 11.5 Å². The van der Waals surface area contributed by atoms with Gasteiger partial charge < -0.3 is 19.7 Å². The smallest absolute Gasteiger partial charge is 0.306 e. The molecule has 0 aromatic heterocycles. The van der Waals surface area contributed by atoms with Crippen molar-refractivity contribution >= 4 is 23.7 Å². The molecule has 2 N–H and O–H groups in total. The van der Waals surface area contributed by atoms with Crippen molar-refractivity contribution in [1.82, 2.24) is 4.48 Å². The fraction of sp³-hybridized carbons (Fsp3) is 0.321. The first kappa shape index (κ1) is 23.8. The molecule has 1 amide bonds. The van der Waals surface area contributed by atoms with E-state index in [1.54, 1.807) is 44.4 Å². The molecule has 4 atom stereocenters. The van der Waals surface area contributed by atoms with Crippen LogP contribution < -0.4 is 14.0 Å². The number of nitrogens with zero attached hydrogens (tertiary/aromatic N) is 1. The van der Waals surface area contributed by atoms with Crippen LogP contribution in [0.25, 0.3) is 0 Å².